The van der Waals surface area contributed by atoms with E-state index in [1.165, 1.54) is 0 Å². The van der Waals surface area contributed by atoms with E-state index >= 15 is 0 Å². The zero-order chi connectivity index (χ0) is 30.7. The number of likely N-dealkylation sites (tertiary alicyclic amines) is 2. The summed E-state index contributed by atoms with van der Waals surface area (Å²) in [5, 5.41) is 21.6. The predicted octanol–water partition coefficient (Wildman–Crippen LogP) is 4.34. The lowest BCUT2D eigenvalue weighted by Crippen LogP contribution is -2.49. The molecular formula is C34H39ClN2O7. The summed E-state index contributed by atoms with van der Waals surface area (Å²) in [7, 11) is 1.62. The largest absolute Gasteiger partial charge is 0.497 e. The molecule has 3 aliphatic rings. The van der Waals surface area contributed by atoms with Gasteiger partial charge in [-0.2, -0.15) is 0 Å². The Morgan fingerprint density at radius 1 is 1.05 bits per heavy atom. The van der Waals surface area contributed by atoms with Crippen LogP contribution < -0.4 is 18.9 Å². The van der Waals surface area contributed by atoms with Crippen molar-refractivity contribution < 1.29 is 34.0 Å². The van der Waals surface area contributed by atoms with Gasteiger partial charge in [-0.3, -0.25) is 4.79 Å². The van der Waals surface area contributed by atoms with Crippen molar-refractivity contribution in [2.24, 2.45) is 0 Å². The number of amides is 1. The van der Waals surface area contributed by atoms with Gasteiger partial charge in [-0.05, 0) is 60.0 Å². The van der Waals surface area contributed by atoms with Crippen LogP contribution in [-0.2, 0) is 13.0 Å². The fraction of sp³-hybridized carbons (Fsp3) is 0.441. The molecule has 1 spiro atoms. The minimum Gasteiger partial charge on any atom is -0.497 e. The average molecular weight is 623 g/mol. The number of benzene rings is 3. The monoisotopic (exact) mass is 622 g/mol. The van der Waals surface area contributed by atoms with Gasteiger partial charge in [-0.15, -0.1) is 0 Å². The molecule has 0 aliphatic carbocycles. The molecule has 3 heterocycles. The molecule has 0 saturated carbocycles. The van der Waals surface area contributed by atoms with Crippen LogP contribution >= 0.6 is 11.6 Å². The number of carbonyl (C=O) groups excluding carboxylic acids is 1. The Hall–Kier alpha value is -3.50. The summed E-state index contributed by atoms with van der Waals surface area (Å²) in [5.74, 6) is 2.36. The van der Waals surface area contributed by atoms with Gasteiger partial charge in [0, 0.05) is 63.1 Å². The maximum atomic E-state index is 13.3. The molecule has 1 amide bonds. The first-order valence-corrected chi connectivity index (χ1v) is 15.5. The first-order chi connectivity index (χ1) is 21.3. The van der Waals surface area contributed by atoms with Crippen molar-refractivity contribution in [2.75, 3.05) is 46.4 Å². The Morgan fingerprint density at radius 2 is 1.82 bits per heavy atom. The topological polar surface area (TPSA) is 101 Å². The highest BCUT2D eigenvalue weighted by atomic mass is 35.5. The summed E-state index contributed by atoms with van der Waals surface area (Å²) in [4.78, 5) is 17.2. The van der Waals surface area contributed by atoms with Crippen LogP contribution in [0, 0.1) is 0 Å². The number of nitrogens with zero attached hydrogens (tertiary/aromatic N) is 2. The molecule has 2 atom stereocenters. The first-order valence-electron chi connectivity index (χ1n) is 15.2. The van der Waals surface area contributed by atoms with Crippen LogP contribution in [0.25, 0.3) is 0 Å². The molecular weight excluding hydrogens is 584 g/mol. The summed E-state index contributed by atoms with van der Waals surface area (Å²) in [6, 6.07) is 18.5. The van der Waals surface area contributed by atoms with Gasteiger partial charge in [-0.1, -0.05) is 23.7 Å². The van der Waals surface area contributed by atoms with Gasteiger partial charge in [0.1, 0.15) is 47.9 Å². The zero-order valence-electron chi connectivity index (χ0n) is 24.9. The van der Waals surface area contributed by atoms with Crippen molar-refractivity contribution in [3.05, 3.63) is 82.4 Å². The third kappa shape index (κ3) is 7.07. The minimum atomic E-state index is -0.759. The molecule has 234 valence electrons. The highest BCUT2D eigenvalue weighted by molar-refractivity contribution is 6.30. The van der Waals surface area contributed by atoms with Crippen LogP contribution in [0.4, 0.5) is 0 Å². The zero-order valence-corrected chi connectivity index (χ0v) is 25.7. The second-order valence-electron chi connectivity index (χ2n) is 12.0. The molecule has 9 nitrogen and oxygen atoms in total. The number of hydrogen-bond donors (Lipinski definition) is 2. The fourth-order valence-electron chi connectivity index (χ4n) is 6.23. The van der Waals surface area contributed by atoms with Crippen molar-refractivity contribution >= 4 is 17.5 Å². The van der Waals surface area contributed by atoms with E-state index in [1.807, 2.05) is 42.5 Å². The number of piperidine rings is 1. The third-order valence-electron chi connectivity index (χ3n) is 8.73. The maximum Gasteiger partial charge on any atom is 0.257 e. The SMILES string of the molecule is COc1ccc(COc2ccc(C(=O)N3CC[C@@H](O)C3)c(OC[C@H](O)CN3CCC4(CC3)Cc3cc(Cl)ccc3O4)c2)cc1. The normalized spacial score (nSPS) is 19.8. The Bertz CT molecular complexity index is 1460. The van der Waals surface area contributed by atoms with Gasteiger partial charge in [0.25, 0.3) is 5.91 Å². The lowest BCUT2D eigenvalue weighted by Gasteiger charge is -2.39. The number of ether oxygens (including phenoxy) is 4. The number of methoxy groups -OCH3 is 1. The van der Waals surface area contributed by atoms with Crippen molar-refractivity contribution in [3.8, 4) is 23.0 Å². The van der Waals surface area contributed by atoms with E-state index in [0.29, 0.717) is 43.2 Å². The van der Waals surface area contributed by atoms with E-state index < -0.39 is 12.2 Å². The number of β-amino-alcohol motifs (C(OH)–C–C–N with tert-alkyl or cyclic N) is 2. The maximum absolute atomic E-state index is 13.3. The summed E-state index contributed by atoms with van der Waals surface area (Å²) in [5.41, 5.74) is 2.29. The van der Waals surface area contributed by atoms with E-state index in [-0.39, 0.29) is 24.7 Å². The molecule has 2 saturated heterocycles. The second kappa shape index (κ2) is 13.2. The molecule has 0 unspecified atom stereocenters. The minimum absolute atomic E-state index is 0.0208. The van der Waals surface area contributed by atoms with Crippen molar-refractivity contribution in [3.63, 3.8) is 0 Å². The van der Waals surface area contributed by atoms with Gasteiger partial charge in [0.05, 0.1) is 18.8 Å². The van der Waals surface area contributed by atoms with E-state index in [4.69, 9.17) is 30.5 Å². The highest BCUT2D eigenvalue weighted by Gasteiger charge is 2.42. The molecule has 3 aromatic rings. The Kier molecular flexibility index (Phi) is 9.18. The summed E-state index contributed by atoms with van der Waals surface area (Å²) in [6.45, 7) is 3.17. The number of rotatable bonds is 10. The quantitative estimate of drug-likeness (QED) is 0.344. The fourth-order valence-corrected chi connectivity index (χ4v) is 6.43. The van der Waals surface area contributed by atoms with Crippen LogP contribution in [-0.4, -0.2) is 90.2 Å². The number of aliphatic hydroxyl groups excluding tert-OH is 2. The number of aliphatic hydroxyl groups is 2. The average Bonchev–Trinajstić information content (AvgIpc) is 3.63. The molecule has 6 rings (SSSR count). The van der Waals surface area contributed by atoms with Crippen molar-refractivity contribution in [1.29, 1.82) is 0 Å². The molecule has 2 fully saturated rings. The molecule has 0 radical (unpaired) electrons. The molecule has 2 N–H and O–H groups in total. The van der Waals surface area contributed by atoms with E-state index in [2.05, 4.69) is 4.90 Å². The van der Waals surface area contributed by atoms with Gasteiger partial charge >= 0.3 is 0 Å². The van der Waals surface area contributed by atoms with Gasteiger partial charge in [-0.25, -0.2) is 0 Å². The number of halogens is 1. The smallest absolute Gasteiger partial charge is 0.257 e. The van der Waals surface area contributed by atoms with Crippen molar-refractivity contribution in [1.82, 2.24) is 9.80 Å². The molecule has 10 heteroatoms. The van der Waals surface area contributed by atoms with E-state index in [9.17, 15) is 15.0 Å². The van der Waals surface area contributed by atoms with Crippen LogP contribution in [0.15, 0.2) is 60.7 Å². The van der Waals surface area contributed by atoms with Gasteiger partial charge in [0.2, 0.25) is 0 Å². The number of hydrogen-bond acceptors (Lipinski definition) is 8. The molecule has 44 heavy (non-hydrogen) atoms. The van der Waals surface area contributed by atoms with E-state index in [1.54, 1.807) is 30.2 Å². The van der Waals surface area contributed by atoms with Crippen molar-refractivity contribution in [2.45, 2.75) is 50.1 Å². The first kappa shape index (κ1) is 30.5. The Labute approximate surface area is 262 Å². The van der Waals surface area contributed by atoms with E-state index in [0.717, 1.165) is 60.0 Å². The molecule has 0 bridgehead atoms. The Morgan fingerprint density at radius 3 is 2.55 bits per heavy atom. The third-order valence-corrected chi connectivity index (χ3v) is 8.96. The molecule has 0 aromatic heterocycles. The second-order valence-corrected chi connectivity index (χ2v) is 12.4. The highest BCUT2D eigenvalue weighted by Crippen LogP contribution is 2.42. The van der Waals surface area contributed by atoms with Crippen LogP contribution in [0.5, 0.6) is 23.0 Å². The van der Waals surface area contributed by atoms with Gasteiger partial charge in [0.15, 0.2) is 0 Å². The molecule has 3 aliphatic heterocycles. The number of carbonyl (C=O) groups is 1. The van der Waals surface area contributed by atoms with Crippen LogP contribution in [0.1, 0.15) is 40.7 Å². The summed E-state index contributed by atoms with van der Waals surface area (Å²) >= 11 is 6.18. The molecule has 3 aromatic carbocycles. The summed E-state index contributed by atoms with van der Waals surface area (Å²) < 4.78 is 23.7. The predicted molar refractivity (Wildman–Crippen MR) is 166 cm³/mol. The van der Waals surface area contributed by atoms with Crippen LogP contribution in [0.2, 0.25) is 5.02 Å². The van der Waals surface area contributed by atoms with Crippen LogP contribution in [0.3, 0.4) is 0 Å². The lowest BCUT2D eigenvalue weighted by molar-refractivity contribution is -0.00203. The Balaban J connectivity index is 1.06. The standard InChI is InChI=1S/C34H39ClN2O7/c1-41-28-5-2-23(3-6-28)21-42-29-7-8-30(33(40)37-13-10-26(38)20-37)32(17-29)43-22-27(39)19-36-14-11-34(12-15-36)18-24-16-25(35)4-9-31(24)44-34/h2-9,16-17,26-27,38-39H,10-15,18-22H2,1H3/t26-,27-/m1/s1. The van der Waals surface area contributed by atoms with Gasteiger partial charge < -0.3 is 39.0 Å². The summed E-state index contributed by atoms with van der Waals surface area (Å²) in [6.07, 6.45) is 1.84. The number of fused-ring (bicyclic) bond motifs is 1. The lowest BCUT2D eigenvalue weighted by atomic mass is 9.87.